The SMILES string of the molecule is C.COc1cc(CC2=CCN3C(=O)CCC(c4ccc(F)cc4)N3C2=O)ccc1-n1cnc(C)c1. The number of imidazole rings is 1. The Labute approximate surface area is 204 Å². The minimum Gasteiger partial charge on any atom is -0.495 e. The third-order valence-corrected chi connectivity index (χ3v) is 6.35. The van der Waals surface area contributed by atoms with E-state index in [-0.39, 0.29) is 31.1 Å². The summed E-state index contributed by atoms with van der Waals surface area (Å²) in [6.45, 7) is 2.26. The number of carbonyl (C=O) groups is 2. The fourth-order valence-electron chi connectivity index (χ4n) is 4.63. The highest BCUT2D eigenvalue weighted by molar-refractivity contribution is 5.97. The lowest BCUT2D eigenvalue weighted by molar-refractivity contribution is -0.174. The highest BCUT2D eigenvalue weighted by Gasteiger charge is 2.40. The van der Waals surface area contributed by atoms with Gasteiger partial charge >= 0.3 is 0 Å². The molecule has 1 atom stereocenters. The number of ether oxygens (including phenoxy) is 1. The summed E-state index contributed by atoms with van der Waals surface area (Å²) in [5.41, 5.74) is 4.12. The van der Waals surface area contributed by atoms with Crippen molar-refractivity contribution in [2.45, 2.75) is 39.7 Å². The van der Waals surface area contributed by atoms with Crippen molar-refractivity contribution in [3.63, 3.8) is 0 Å². The zero-order valence-corrected chi connectivity index (χ0v) is 19.1. The molecule has 2 amide bonds. The largest absolute Gasteiger partial charge is 0.495 e. The van der Waals surface area contributed by atoms with Crippen LogP contribution in [0.25, 0.3) is 5.69 Å². The number of hydrogen-bond acceptors (Lipinski definition) is 4. The molecule has 182 valence electrons. The zero-order valence-electron chi connectivity index (χ0n) is 19.1. The van der Waals surface area contributed by atoms with E-state index >= 15 is 0 Å². The summed E-state index contributed by atoms with van der Waals surface area (Å²) < 4.78 is 21.0. The first kappa shape index (κ1) is 24.2. The molecule has 0 spiro atoms. The lowest BCUT2D eigenvalue weighted by atomic mass is 9.95. The van der Waals surface area contributed by atoms with Crippen LogP contribution in [0.2, 0.25) is 0 Å². The van der Waals surface area contributed by atoms with Crippen LogP contribution in [-0.2, 0) is 16.0 Å². The molecule has 35 heavy (non-hydrogen) atoms. The van der Waals surface area contributed by atoms with Crippen LogP contribution in [0.3, 0.4) is 0 Å². The molecule has 3 heterocycles. The van der Waals surface area contributed by atoms with E-state index in [1.165, 1.54) is 17.1 Å². The number of carbonyl (C=O) groups excluding carboxylic acids is 2. The Hall–Kier alpha value is -3.94. The van der Waals surface area contributed by atoms with Gasteiger partial charge in [-0.2, -0.15) is 0 Å². The Morgan fingerprint density at radius 3 is 2.60 bits per heavy atom. The van der Waals surface area contributed by atoms with Gasteiger partial charge in [0.15, 0.2) is 0 Å². The molecule has 1 aromatic heterocycles. The van der Waals surface area contributed by atoms with Crippen molar-refractivity contribution < 1.29 is 18.7 Å². The number of hydrogen-bond donors (Lipinski definition) is 0. The third-order valence-electron chi connectivity index (χ3n) is 6.35. The average molecular weight is 477 g/mol. The monoisotopic (exact) mass is 476 g/mol. The van der Waals surface area contributed by atoms with E-state index in [1.807, 2.05) is 42.0 Å². The standard InChI is InChI=1S/C26H25FN4O3.CH4/c1-17-15-29(16-28-17)23-8-3-18(14-24(23)34-2)13-20-11-12-30-25(32)10-9-22(31(30)26(20)33)19-4-6-21(27)7-5-19;/h3-8,11,14-16,22H,9-10,12-13H2,1-2H3;1H4. The minimum atomic E-state index is -0.332. The first-order chi connectivity index (χ1) is 16.4. The number of fused-ring (bicyclic) bond motifs is 1. The summed E-state index contributed by atoms with van der Waals surface area (Å²) in [6.07, 6.45) is 6.74. The van der Waals surface area contributed by atoms with Crippen molar-refractivity contribution in [2.75, 3.05) is 13.7 Å². The first-order valence-electron chi connectivity index (χ1n) is 11.2. The molecule has 8 heteroatoms. The molecule has 2 aromatic carbocycles. The molecule has 1 saturated heterocycles. The minimum absolute atomic E-state index is 0. The van der Waals surface area contributed by atoms with Crippen LogP contribution in [0, 0.1) is 12.7 Å². The maximum Gasteiger partial charge on any atom is 0.269 e. The first-order valence-corrected chi connectivity index (χ1v) is 11.2. The summed E-state index contributed by atoms with van der Waals surface area (Å²) in [5, 5.41) is 3.06. The van der Waals surface area contributed by atoms with Gasteiger partial charge in [-0.3, -0.25) is 9.59 Å². The lowest BCUT2D eigenvalue weighted by Gasteiger charge is -2.46. The van der Waals surface area contributed by atoms with Gasteiger partial charge < -0.3 is 9.30 Å². The quantitative estimate of drug-likeness (QED) is 0.542. The van der Waals surface area contributed by atoms with Crippen LogP contribution in [0.5, 0.6) is 5.75 Å². The van der Waals surface area contributed by atoms with E-state index in [0.717, 1.165) is 22.5 Å². The number of aryl methyl sites for hydroxylation is 1. The smallest absolute Gasteiger partial charge is 0.269 e. The fourth-order valence-corrected chi connectivity index (χ4v) is 4.63. The molecule has 1 unspecified atom stereocenters. The van der Waals surface area contributed by atoms with Crippen LogP contribution in [-0.4, -0.2) is 45.0 Å². The van der Waals surface area contributed by atoms with Crippen LogP contribution in [0.4, 0.5) is 4.39 Å². The van der Waals surface area contributed by atoms with Crippen LogP contribution >= 0.6 is 0 Å². The molecule has 0 bridgehead atoms. The molecule has 0 N–H and O–H groups in total. The van der Waals surface area contributed by atoms with Crippen LogP contribution < -0.4 is 4.74 Å². The predicted molar refractivity (Wildman–Crippen MR) is 130 cm³/mol. The highest BCUT2D eigenvalue weighted by atomic mass is 19.1. The lowest BCUT2D eigenvalue weighted by Crippen LogP contribution is -2.57. The van der Waals surface area contributed by atoms with Crippen molar-refractivity contribution >= 4 is 11.8 Å². The van der Waals surface area contributed by atoms with Gasteiger partial charge in [-0.05, 0) is 48.7 Å². The van der Waals surface area contributed by atoms with Gasteiger partial charge in [-0.1, -0.05) is 31.7 Å². The van der Waals surface area contributed by atoms with Crippen molar-refractivity contribution in [3.8, 4) is 11.4 Å². The summed E-state index contributed by atoms with van der Waals surface area (Å²) in [6, 6.07) is 11.7. The number of rotatable bonds is 5. The Balaban J connectivity index is 0.00000289. The topological polar surface area (TPSA) is 67.7 Å². The second-order valence-corrected chi connectivity index (χ2v) is 8.57. The van der Waals surface area contributed by atoms with Gasteiger partial charge in [-0.15, -0.1) is 0 Å². The van der Waals surface area contributed by atoms with Gasteiger partial charge in [0.2, 0.25) is 5.91 Å². The Morgan fingerprint density at radius 2 is 1.91 bits per heavy atom. The maximum atomic E-state index is 13.6. The van der Waals surface area contributed by atoms with Crippen molar-refractivity contribution in [1.82, 2.24) is 19.6 Å². The number of hydrazine groups is 1. The molecule has 3 aromatic rings. The normalized spacial score (nSPS) is 17.6. The fraction of sp³-hybridized carbons (Fsp3) is 0.296. The van der Waals surface area contributed by atoms with Crippen molar-refractivity contribution in [2.24, 2.45) is 0 Å². The number of halogens is 1. The number of nitrogens with zero attached hydrogens (tertiary/aromatic N) is 4. The van der Waals surface area contributed by atoms with E-state index < -0.39 is 0 Å². The van der Waals surface area contributed by atoms with E-state index in [2.05, 4.69) is 4.98 Å². The Morgan fingerprint density at radius 1 is 1.14 bits per heavy atom. The molecule has 2 aliphatic rings. The van der Waals surface area contributed by atoms with Gasteiger partial charge in [0.1, 0.15) is 11.6 Å². The number of amides is 2. The summed E-state index contributed by atoms with van der Waals surface area (Å²) in [7, 11) is 1.61. The van der Waals surface area contributed by atoms with Crippen molar-refractivity contribution in [1.29, 1.82) is 0 Å². The highest BCUT2D eigenvalue weighted by Crippen LogP contribution is 2.36. The summed E-state index contributed by atoms with van der Waals surface area (Å²) in [4.78, 5) is 30.4. The number of benzene rings is 2. The Bertz CT molecular complexity index is 1280. The van der Waals surface area contributed by atoms with E-state index in [0.29, 0.717) is 37.1 Å². The van der Waals surface area contributed by atoms with E-state index in [9.17, 15) is 14.0 Å². The average Bonchev–Trinajstić information content (AvgIpc) is 3.28. The van der Waals surface area contributed by atoms with E-state index in [1.54, 1.807) is 30.6 Å². The molecule has 0 saturated carbocycles. The number of aromatic nitrogens is 2. The number of methoxy groups -OCH3 is 1. The van der Waals surface area contributed by atoms with Gasteiger partial charge in [0.25, 0.3) is 5.91 Å². The van der Waals surface area contributed by atoms with Gasteiger partial charge in [0, 0.05) is 24.6 Å². The molecule has 2 aliphatic heterocycles. The molecule has 1 fully saturated rings. The molecule has 0 aliphatic carbocycles. The van der Waals surface area contributed by atoms with E-state index in [4.69, 9.17) is 4.74 Å². The van der Waals surface area contributed by atoms with Crippen LogP contribution in [0.1, 0.15) is 43.1 Å². The third kappa shape index (κ3) is 4.56. The molecular formula is C27H29FN4O3. The molecule has 0 radical (unpaired) electrons. The second-order valence-electron chi connectivity index (χ2n) is 8.57. The maximum absolute atomic E-state index is 13.6. The second kappa shape index (κ2) is 9.74. The van der Waals surface area contributed by atoms with Gasteiger partial charge in [0.05, 0.1) is 37.4 Å². The summed E-state index contributed by atoms with van der Waals surface area (Å²) in [5.74, 6) is 0.0598. The molecule has 7 nitrogen and oxygen atoms in total. The Kier molecular flexibility index (Phi) is 6.73. The predicted octanol–water partition coefficient (Wildman–Crippen LogP) is 4.55. The van der Waals surface area contributed by atoms with Gasteiger partial charge in [-0.25, -0.2) is 19.4 Å². The van der Waals surface area contributed by atoms with Crippen molar-refractivity contribution in [3.05, 3.63) is 89.3 Å². The zero-order chi connectivity index (χ0) is 23.8. The van der Waals surface area contributed by atoms with Crippen LogP contribution in [0.15, 0.2) is 66.6 Å². The summed E-state index contributed by atoms with van der Waals surface area (Å²) >= 11 is 0. The molecular weight excluding hydrogens is 447 g/mol. The molecule has 5 rings (SSSR count).